The molecule has 29 heavy (non-hydrogen) atoms. The maximum atomic E-state index is 14.0. The fraction of sp³-hybridized carbons (Fsp3) is 0.0952. The molecule has 0 saturated heterocycles. The predicted molar refractivity (Wildman–Crippen MR) is 104 cm³/mol. The van der Waals surface area contributed by atoms with Crippen LogP contribution in [-0.4, -0.2) is 25.5 Å². The van der Waals surface area contributed by atoms with Crippen LogP contribution in [0.4, 0.5) is 14.6 Å². The van der Waals surface area contributed by atoms with Crippen LogP contribution in [0.2, 0.25) is 0 Å². The number of hydrogen-bond donors (Lipinski definition) is 1. The normalized spacial score (nSPS) is 10.9. The van der Waals surface area contributed by atoms with E-state index in [9.17, 15) is 13.6 Å². The van der Waals surface area contributed by atoms with E-state index < -0.39 is 17.5 Å². The molecule has 0 unspecified atom stereocenters. The van der Waals surface area contributed by atoms with E-state index in [1.54, 1.807) is 30.1 Å². The van der Waals surface area contributed by atoms with Crippen LogP contribution in [0.15, 0.2) is 67.0 Å². The molecular formula is C21H17F2N5O. The van der Waals surface area contributed by atoms with Crippen molar-refractivity contribution in [2.24, 2.45) is 0 Å². The number of anilines is 1. The quantitative estimate of drug-likeness (QED) is 0.558. The van der Waals surface area contributed by atoms with E-state index in [4.69, 9.17) is 0 Å². The number of nitrogens with one attached hydrogen (secondary N) is 1. The van der Waals surface area contributed by atoms with Crippen molar-refractivity contribution in [3.63, 3.8) is 0 Å². The van der Waals surface area contributed by atoms with Crippen molar-refractivity contribution in [3.8, 4) is 5.69 Å². The molecule has 0 saturated carbocycles. The summed E-state index contributed by atoms with van der Waals surface area (Å²) in [5.41, 5.74) is 1.88. The standard InChI is InChI=1S/C21H17F2N5O/c1-14-12-24-28(13-15-11-16(22)7-8-18(15)23)20(14)25-21(29)19-9-10-27(26-19)17-5-3-2-4-6-17/h2-12H,13H2,1H3,(H,25,29). The largest absolute Gasteiger partial charge is 0.305 e. The average molecular weight is 393 g/mol. The van der Waals surface area contributed by atoms with Crippen molar-refractivity contribution >= 4 is 11.7 Å². The Morgan fingerprint density at radius 3 is 2.69 bits per heavy atom. The summed E-state index contributed by atoms with van der Waals surface area (Å²) < 4.78 is 30.4. The van der Waals surface area contributed by atoms with Gasteiger partial charge in [0.1, 0.15) is 17.5 Å². The Morgan fingerprint density at radius 2 is 1.90 bits per heavy atom. The Kier molecular flexibility index (Phi) is 4.90. The second kappa shape index (κ2) is 7.67. The molecule has 146 valence electrons. The summed E-state index contributed by atoms with van der Waals surface area (Å²) >= 11 is 0. The fourth-order valence-corrected chi connectivity index (χ4v) is 2.93. The highest BCUT2D eigenvalue weighted by atomic mass is 19.1. The van der Waals surface area contributed by atoms with Gasteiger partial charge in [0.15, 0.2) is 5.69 Å². The molecule has 1 N–H and O–H groups in total. The van der Waals surface area contributed by atoms with Crippen LogP contribution in [0.5, 0.6) is 0 Å². The van der Waals surface area contributed by atoms with E-state index in [2.05, 4.69) is 15.5 Å². The number of para-hydroxylation sites is 1. The summed E-state index contributed by atoms with van der Waals surface area (Å²) in [5, 5.41) is 11.2. The van der Waals surface area contributed by atoms with Gasteiger partial charge in [0.2, 0.25) is 0 Å². The first-order valence-corrected chi connectivity index (χ1v) is 8.90. The van der Waals surface area contributed by atoms with Crippen molar-refractivity contribution in [1.29, 1.82) is 0 Å². The number of rotatable bonds is 5. The summed E-state index contributed by atoms with van der Waals surface area (Å²) in [5.74, 6) is -1.11. The Labute approximate surface area is 165 Å². The van der Waals surface area contributed by atoms with Crippen molar-refractivity contribution in [2.45, 2.75) is 13.5 Å². The number of nitrogens with zero attached hydrogens (tertiary/aromatic N) is 4. The first kappa shape index (κ1) is 18.5. The van der Waals surface area contributed by atoms with E-state index in [-0.39, 0.29) is 17.8 Å². The Morgan fingerprint density at radius 1 is 1.10 bits per heavy atom. The average Bonchev–Trinajstić information content (AvgIpc) is 3.34. The van der Waals surface area contributed by atoms with E-state index in [1.807, 2.05) is 30.3 Å². The van der Waals surface area contributed by atoms with Gasteiger partial charge in [-0.15, -0.1) is 0 Å². The summed E-state index contributed by atoms with van der Waals surface area (Å²) in [6.45, 7) is 1.75. The zero-order chi connectivity index (χ0) is 20.4. The smallest absolute Gasteiger partial charge is 0.277 e. The van der Waals surface area contributed by atoms with Gasteiger partial charge in [-0.3, -0.25) is 4.79 Å². The van der Waals surface area contributed by atoms with Gasteiger partial charge < -0.3 is 5.32 Å². The topological polar surface area (TPSA) is 64.7 Å². The summed E-state index contributed by atoms with van der Waals surface area (Å²) in [4.78, 5) is 12.7. The van der Waals surface area contributed by atoms with Crippen molar-refractivity contribution in [2.75, 3.05) is 5.32 Å². The Bertz CT molecular complexity index is 1170. The number of hydrogen-bond acceptors (Lipinski definition) is 3. The van der Waals surface area contributed by atoms with E-state index in [1.165, 1.54) is 4.68 Å². The molecule has 0 aliphatic carbocycles. The molecule has 0 bridgehead atoms. The lowest BCUT2D eigenvalue weighted by Crippen LogP contribution is -2.18. The minimum atomic E-state index is -0.543. The van der Waals surface area contributed by atoms with Gasteiger partial charge in [-0.25, -0.2) is 18.1 Å². The van der Waals surface area contributed by atoms with Gasteiger partial charge in [-0.05, 0) is 43.3 Å². The lowest BCUT2D eigenvalue weighted by Gasteiger charge is -2.10. The predicted octanol–water partition coefficient (Wildman–Crippen LogP) is 3.96. The Balaban J connectivity index is 1.56. The van der Waals surface area contributed by atoms with Crippen LogP contribution < -0.4 is 5.32 Å². The number of aromatic nitrogens is 4. The van der Waals surface area contributed by atoms with Crippen LogP contribution in [0.3, 0.4) is 0 Å². The number of halogens is 2. The van der Waals surface area contributed by atoms with Crippen LogP contribution in [0, 0.1) is 18.6 Å². The van der Waals surface area contributed by atoms with Gasteiger partial charge in [-0.1, -0.05) is 18.2 Å². The van der Waals surface area contributed by atoms with Gasteiger partial charge in [0.05, 0.1) is 18.4 Å². The molecule has 0 radical (unpaired) electrons. The minimum absolute atomic E-state index is 0.0223. The molecule has 1 amide bonds. The molecule has 8 heteroatoms. The first-order chi connectivity index (χ1) is 14.0. The number of benzene rings is 2. The molecule has 2 aromatic heterocycles. The van der Waals surface area contributed by atoms with Crippen LogP contribution in [0.1, 0.15) is 21.6 Å². The van der Waals surface area contributed by atoms with E-state index in [0.29, 0.717) is 11.4 Å². The molecule has 0 aliphatic rings. The van der Waals surface area contributed by atoms with Crippen LogP contribution >= 0.6 is 0 Å². The SMILES string of the molecule is Cc1cnn(Cc2cc(F)ccc2F)c1NC(=O)c1ccn(-c2ccccc2)n1. The van der Waals surface area contributed by atoms with Gasteiger partial charge in [0.25, 0.3) is 5.91 Å². The molecule has 0 atom stereocenters. The van der Waals surface area contributed by atoms with Crippen LogP contribution in [0.25, 0.3) is 5.69 Å². The molecule has 2 aromatic carbocycles. The van der Waals surface area contributed by atoms with E-state index >= 15 is 0 Å². The maximum absolute atomic E-state index is 14.0. The van der Waals surface area contributed by atoms with Gasteiger partial charge in [0, 0.05) is 17.3 Å². The molecule has 6 nitrogen and oxygen atoms in total. The molecule has 0 spiro atoms. The van der Waals surface area contributed by atoms with Gasteiger partial charge in [-0.2, -0.15) is 10.2 Å². The highest BCUT2D eigenvalue weighted by molar-refractivity contribution is 6.02. The molecule has 0 fully saturated rings. The third-order valence-corrected chi connectivity index (χ3v) is 4.42. The monoisotopic (exact) mass is 393 g/mol. The zero-order valence-electron chi connectivity index (χ0n) is 15.5. The first-order valence-electron chi connectivity index (χ1n) is 8.90. The maximum Gasteiger partial charge on any atom is 0.277 e. The van der Waals surface area contributed by atoms with Crippen molar-refractivity contribution < 1.29 is 13.6 Å². The van der Waals surface area contributed by atoms with Gasteiger partial charge >= 0.3 is 0 Å². The van der Waals surface area contributed by atoms with Crippen molar-refractivity contribution in [3.05, 3.63) is 95.4 Å². The van der Waals surface area contributed by atoms with E-state index in [0.717, 1.165) is 23.9 Å². The molecular weight excluding hydrogens is 376 g/mol. The highest BCUT2D eigenvalue weighted by Gasteiger charge is 2.16. The number of carbonyl (C=O) groups excluding carboxylic acids is 1. The minimum Gasteiger partial charge on any atom is -0.305 e. The second-order valence-electron chi connectivity index (χ2n) is 6.50. The third-order valence-electron chi connectivity index (χ3n) is 4.42. The number of aryl methyl sites for hydroxylation is 1. The third kappa shape index (κ3) is 3.91. The number of carbonyl (C=O) groups is 1. The molecule has 4 aromatic rings. The Hall–Kier alpha value is -3.81. The fourth-order valence-electron chi connectivity index (χ4n) is 2.93. The lowest BCUT2D eigenvalue weighted by molar-refractivity contribution is 0.102. The summed E-state index contributed by atoms with van der Waals surface area (Å²) in [7, 11) is 0. The van der Waals surface area contributed by atoms with Crippen LogP contribution in [-0.2, 0) is 6.54 Å². The molecule has 0 aliphatic heterocycles. The highest BCUT2D eigenvalue weighted by Crippen LogP contribution is 2.19. The molecule has 4 rings (SSSR count). The second-order valence-corrected chi connectivity index (χ2v) is 6.50. The lowest BCUT2D eigenvalue weighted by atomic mass is 10.2. The molecule has 2 heterocycles. The number of amides is 1. The zero-order valence-corrected chi connectivity index (χ0v) is 15.5. The summed E-state index contributed by atoms with van der Waals surface area (Å²) in [6, 6.07) is 14.2. The van der Waals surface area contributed by atoms with Crippen molar-refractivity contribution in [1.82, 2.24) is 19.6 Å². The summed E-state index contributed by atoms with van der Waals surface area (Å²) in [6.07, 6.45) is 3.24.